The Kier molecular flexibility index (Phi) is 4.35. The van der Waals surface area contributed by atoms with Gasteiger partial charge in [-0.05, 0) is 19.9 Å². The molecule has 0 N–H and O–H groups in total. The maximum Gasteiger partial charge on any atom is 0.339 e. The van der Waals surface area contributed by atoms with Gasteiger partial charge in [-0.15, -0.1) is 0 Å². The molecule has 0 bridgehead atoms. The molecule has 104 valence electrons. The Balaban J connectivity index is 2.36. The molecule has 0 aliphatic carbocycles. The summed E-state index contributed by atoms with van der Waals surface area (Å²) in [6.07, 6.45) is 1.66. The van der Waals surface area contributed by atoms with Gasteiger partial charge in [-0.2, -0.15) is 0 Å². The molecule has 4 nitrogen and oxygen atoms in total. The first kappa shape index (κ1) is 14.1. The summed E-state index contributed by atoms with van der Waals surface area (Å²) in [6.45, 7) is 4.62. The lowest BCUT2D eigenvalue weighted by atomic mass is 10.1. The molecular weight excluding hydrogens is 254 g/mol. The fourth-order valence-electron chi connectivity index (χ4n) is 2.03. The molecule has 1 aromatic heterocycles. The molecule has 0 aliphatic heterocycles. The fourth-order valence-corrected chi connectivity index (χ4v) is 2.03. The number of carbonyl (C=O) groups excluding carboxylic acids is 2. The van der Waals surface area contributed by atoms with Crippen molar-refractivity contribution in [1.29, 1.82) is 0 Å². The van der Waals surface area contributed by atoms with Crippen molar-refractivity contribution in [3.8, 4) is 0 Å². The van der Waals surface area contributed by atoms with Crippen LogP contribution in [0.4, 0.5) is 0 Å². The van der Waals surface area contributed by atoms with Crippen LogP contribution in [-0.2, 0) is 11.3 Å². The number of carbonyl (C=O) groups is 2. The van der Waals surface area contributed by atoms with Crippen LogP contribution in [0.2, 0.25) is 0 Å². The Labute approximate surface area is 118 Å². The first-order valence-electron chi connectivity index (χ1n) is 6.64. The van der Waals surface area contributed by atoms with E-state index in [0.29, 0.717) is 30.0 Å². The summed E-state index contributed by atoms with van der Waals surface area (Å²) in [5.74, 6) is -0.496. The van der Waals surface area contributed by atoms with Gasteiger partial charge in [0.2, 0.25) is 5.78 Å². The van der Waals surface area contributed by atoms with Crippen LogP contribution in [0.15, 0.2) is 42.6 Å². The van der Waals surface area contributed by atoms with E-state index in [1.54, 1.807) is 35.9 Å². The van der Waals surface area contributed by atoms with Gasteiger partial charge in [-0.1, -0.05) is 30.3 Å². The van der Waals surface area contributed by atoms with Gasteiger partial charge in [0.25, 0.3) is 0 Å². The number of esters is 1. The molecule has 4 heteroatoms. The van der Waals surface area contributed by atoms with Crippen molar-refractivity contribution in [1.82, 2.24) is 4.57 Å². The van der Waals surface area contributed by atoms with Crippen molar-refractivity contribution in [3.05, 3.63) is 59.4 Å². The Bertz CT molecular complexity index is 614. The van der Waals surface area contributed by atoms with E-state index in [-0.39, 0.29) is 5.78 Å². The lowest BCUT2D eigenvalue weighted by Gasteiger charge is -2.04. The van der Waals surface area contributed by atoms with Crippen molar-refractivity contribution in [2.24, 2.45) is 0 Å². The van der Waals surface area contributed by atoms with Crippen LogP contribution in [0.5, 0.6) is 0 Å². The maximum atomic E-state index is 12.4. The van der Waals surface area contributed by atoms with E-state index in [0.717, 1.165) is 0 Å². The topological polar surface area (TPSA) is 48.3 Å². The number of nitrogens with zero attached hydrogens (tertiary/aromatic N) is 1. The van der Waals surface area contributed by atoms with Crippen LogP contribution in [0, 0.1) is 0 Å². The highest BCUT2D eigenvalue weighted by Gasteiger charge is 2.18. The Morgan fingerprint density at radius 3 is 2.40 bits per heavy atom. The second-order valence-corrected chi connectivity index (χ2v) is 4.32. The van der Waals surface area contributed by atoms with Crippen molar-refractivity contribution in [2.45, 2.75) is 20.4 Å². The molecule has 1 heterocycles. The van der Waals surface area contributed by atoms with Gasteiger partial charge in [-0.3, -0.25) is 4.79 Å². The SMILES string of the molecule is CCOC(=O)c1cc(C(=O)c2ccccc2)n(CC)c1. The maximum absolute atomic E-state index is 12.4. The highest BCUT2D eigenvalue weighted by atomic mass is 16.5. The number of ketones is 1. The third kappa shape index (κ3) is 2.79. The minimum atomic E-state index is -0.401. The lowest BCUT2D eigenvalue weighted by molar-refractivity contribution is 0.0526. The zero-order chi connectivity index (χ0) is 14.5. The second kappa shape index (κ2) is 6.19. The molecule has 0 aliphatic rings. The molecule has 2 rings (SSSR count). The van der Waals surface area contributed by atoms with Gasteiger partial charge in [0.1, 0.15) is 0 Å². The second-order valence-electron chi connectivity index (χ2n) is 4.32. The van der Waals surface area contributed by atoms with Crippen LogP contribution in [0.1, 0.15) is 40.3 Å². The molecule has 2 aromatic rings. The van der Waals surface area contributed by atoms with Crippen molar-refractivity contribution >= 4 is 11.8 Å². The summed E-state index contributed by atoms with van der Waals surface area (Å²) in [6, 6.07) is 10.6. The third-order valence-electron chi connectivity index (χ3n) is 3.02. The summed E-state index contributed by atoms with van der Waals surface area (Å²) >= 11 is 0. The molecule has 0 unspecified atom stereocenters. The van der Waals surface area contributed by atoms with Gasteiger partial charge in [0.15, 0.2) is 0 Å². The Hall–Kier alpha value is -2.36. The first-order chi connectivity index (χ1) is 9.67. The first-order valence-corrected chi connectivity index (χ1v) is 6.64. The molecule has 20 heavy (non-hydrogen) atoms. The van der Waals surface area contributed by atoms with Gasteiger partial charge < -0.3 is 9.30 Å². The monoisotopic (exact) mass is 271 g/mol. The van der Waals surface area contributed by atoms with E-state index in [2.05, 4.69) is 0 Å². The zero-order valence-electron chi connectivity index (χ0n) is 11.6. The van der Waals surface area contributed by atoms with Gasteiger partial charge in [-0.25, -0.2) is 4.79 Å². The number of rotatable bonds is 5. The van der Waals surface area contributed by atoms with Crippen LogP contribution >= 0.6 is 0 Å². The summed E-state index contributed by atoms with van der Waals surface area (Å²) in [7, 11) is 0. The molecule has 0 saturated heterocycles. The number of hydrogen-bond acceptors (Lipinski definition) is 3. The van der Waals surface area contributed by atoms with Crippen LogP contribution < -0.4 is 0 Å². The number of aromatic nitrogens is 1. The normalized spacial score (nSPS) is 10.3. The lowest BCUT2D eigenvalue weighted by Crippen LogP contribution is -2.08. The summed E-state index contributed by atoms with van der Waals surface area (Å²) in [5.41, 5.74) is 1.52. The van der Waals surface area contributed by atoms with Crippen LogP contribution in [-0.4, -0.2) is 22.9 Å². The standard InChI is InChI=1S/C16H17NO3/c1-3-17-11-13(16(19)20-4-2)10-14(17)15(18)12-8-6-5-7-9-12/h5-11H,3-4H2,1-2H3. The Morgan fingerprint density at radius 1 is 1.10 bits per heavy atom. The predicted molar refractivity (Wildman–Crippen MR) is 75.9 cm³/mol. The largest absolute Gasteiger partial charge is 0.462 e. The molecule has 0 fully saturated rings. The van der Waals surface area contributed by atoms with E-state index >= 15 is 0 Å². The number of benzene rings is 1. The number of aryl methyl sites for hydroxylation is 1. The number of hydrogen-bond donors (Lipinski definition) is 0. The van der Waals surface area contributed by atoms with Crippen LogP contribution in [0.25, 0.3) is 0 Å². The van der Waals surface area contributed by atoms with Gasteiger partial charge in [0.05, 0.1) is 17.9 Å². The van der Waals surface area contributed by atoms with Gasteiger partial charge in [0, 0.05) is 18.3 Å². The van der Waals surface area contributed by atoms with Crippen molar-refractivity contribution in [2.75, 3.05) is 6.61 Å². The average Bonchev–Trinajstić information content (AvgIpc) is 2.92. The summed E-state index contributed by atoms with van der Waals surface area (Å²) < 4.78 is 6.73. The molecule has 0 spiro atoms. The van der Waals surface area contributed by atoms with Crippen molar-refractivity contribution < 1.29 is 14.3 Å². The summed E-state index contributed by atoms with van der Waals surface area (Å²) in [5, 5.41) is 0. The molecule has 0 saturated carbocycles. The minimum absolute atomic E-state index is 0.0944. The van der Waals surface area contributed by atoms with Crippen molar-refractivity contribution in [3.63, 3.8) is 0 Å². The fraction of sp³-hybridized carbons (Fsp3) is 0.250. The molecular formula is C16H17NO3. The molecule has 1 aromatic carbocycles. The Morgan fingerprint density at radius 2 is 1.80 bits per heavy atom. The van der Waals surface area contributed by atoms with E-state index < -0.39 is 5.97 Å². The quantitative estimate of drug-likeness (QED) is 0.620. The minimum Gasteiger partial charge on any atom is -0.462 e. The molecule has 0 radical (unpaired) electrons. The third-order valence-corrected chi connectivity index (χ3v) is 3.02. The highest BCUT2D eigenvalue weighted by Crippen LogP contribution is 2.15. The zero-order valence-corrected chi connectivity index (χ0v) is 11.6. The van der Waals surface area contributed by atoms with E-state index in [9.17, 15) is 9.59 Å². The smallest absolute Gasteiger partial charge is 0.339 e. The van der Waals surface area contributed by atoms with Crippen LogP contribution in [0.3, 0.4) is 0 Å². The van der Waals surface area contributed by atoms with Gasteiger partial charge >= 0.3 is 5.97 Å². The predicted octanol–water partition coefficient (Wildman–Crippen LogP) is 2.92. The summed E-state index contributed by atoms with van der Waals surface area (Å²) in [4.78, 5) is 24.2. The molecule has 0 amide bonds. The highest BCUT2D eigenvalue weighted by molar-refractivity contribution is 6.09. The molecule has 0 atom stereocenters. The van der Waals surface area contributed by atoms with E-state index in [1.165, 1.54) is 0 Å². The van der Waals surface area contributed by atoms with E-state index in [4.69, 9.17) is 4.74 Å². The number of ether oxygens (including phenoxy) is 1. The van der Waals surface area contributed by atoms with E-state index in [1.807, 2.05) is 25.1 Å². The average molecular weight is 271 g/mol.